The molecule has 0 saturated carbocycles. The van der Waals surface area contributed by atoms with Crippen molar-refractivity contribution in [3.05, 3.63) is 64.7 Å². The van der Waals surface area contributed by atoms with Crippen LogP contribution in [0, 0.1) is 0 Å². The van der Waals surface area contributed by atoms with Crippen molar-refractivity contribution in [1.29, 1.82) is 0 Å². The van der Waals surface area contributed by atoms with Crippen molar-refractivity contribution >= 4 is 11.9 Å². The third kappa shape index (κ3) is 3.11. The number of aliphatic carboxylic acids is 1. The fraction of sp³-hybridized carbons (Fsp3) is 0.263. The predicted molar refractivity (Wildman–Crippen MR) is 89.3 cm³/mol. The van der Waals surface area contributed by atoms with Crippen molar-refractivity contribution in [2.75, 3.05) is 7.11 Å². The van der Waals surface area contributed by atoms with E-state index >= 15 is 0 Å². The number of fused-ring (bicyclic) bond motifs is 1. The van der Waals surface area contributed by atoms with Crippen molar-refractivity contribution in [2.45, 2.75) is 25.3 Å². The van der Waals surface area contributed by atoms with Gasteiger partial charge in [-0.05, 0) is 54.2 Å². The standard InChI is InChI=1S/C19H19NO4/c1-24-14-8-2-7-13(11-14)17(19(22)23)20-18(21)16-10-4-6-12-5-3-9-15(12)16/h2,4,6-8,10-11,17H,3,5,9H2,1H3,(H,20,21)(H,22,23). The molecular weight excluding hydrogens is 306 g/mol. The van der Waals surface area contributed by atoms with Gasteiger partial charge in [0, 0.05) is 5.56 Å². The topological polar surface area (TPSA) is 75.6 Å². The number of benzene rings is 2. The van der Waals surface area contributed by atoms with Crippen LogP contribution >= 0.6 is 0 Å². The third-order valence-electron chi connectivity index (χ3n) is 4.34. The van der Waals surface area contributed by atoms with E-state index < -0.39 is 12.0 Å². The number of amides is 1. The Morgan fingerprint density at radius 3 is 2.71 bits per heavy atom. The Morgan fingerprint density at radius 2 is 1.96 bits per heavy atom. The molecule has 2 aromatic carbocycles. The molecule has 2 aromatic rings. The number of hydrogen-bond acceptors (Lipinski definition) is 3. The smallest absolute Gasteiger partial charge is 0.330 e. The van der Waals surface area contributed by atoms with Crippen LogP contribution in [0.25, 0.3) is 0 Å². The summed E-state index contributed by atoms with van der Waals surface area (Å²) in [4.78, 5) is 24.3. The van der Waals surface area contributed by atoms with Gasteiger partial charge in [0.25, 0.3) is 5.91 Å². The van der Waals surface area contributed by atoms with Crippen LogP contribution < -0.4 is 10.1 Å². The molecule has 124 valence electrons. The Labute approximate surface area is 140 Å². The molecule has 0 aliphatic heterocycles. The second kappa shape index (κ2) is 6.74. The number of nitrogens with one attached hydrogen (secondary N) is 1. The lowest BCUT2D eigenvalue weighted by atomic mass is 10.0. The van der Waals surface area contributed by atoms with Crippen LogP contribution in [0.1, 0.15) is 39.5 Å². The van der Waals surface area contributed by atoms with Crippen molar-refractivity contribution in [3.8, 4) is 5.75 Å². The first-order valence-corrected chi connectivity index (χ1v) is 7.88. The lowest BCUT2D eigenvalue weighted by Crippen LogP contribution is -2.34. The summed E-state index contributed by atoms with van der Waals surface area (Å²) >= 11 is 0. The fourth-order valence-electron chi connectivity index (χ4n) is 3.15. The molecule has 3 rings (SSSR count). The van der Waals surface area contributed by atoms with E-state index in [9.17, 15) is 14.7 Å². The molecular formula is C19H19NO4. The number of carboxylic acids is 1. The Hall–Kier alpha value is -2.82. The van der Waals surface area contributed by atoms with Crippen LogP contribution in [0.15, 0.2) is 42.5 Å². The van der Waals surface area contributed by atoms with Gasteiger partial charge in [0.1, 0.15) is 5.75 Å². The molecule has 0 radical (unpaired) electrons. The molecule has 1 amide bonds. The Kier molecular flexibility index (Phi) is 4.51. The van der Waals surface area contributed by atoms with Gasteiger partial charge in [-0.3, -0.25) is 4.79 Å². The lowest BCUT2D eigenvalue weighted by Gasteiger charge is -2.17. The van der Waals surface area contributed by atoms with E-state index in [0.29, 0.717) is 16.9 Å². The molecule has 2 N–H and O–H groups in total. The number of aryl methyl sites for hydroxylation is 1. The SMILES string of the molecule is COc1cccc(C(NC(=O)c2cccc3c2CCC3)C(=O)O)c1. The summed E-state index contributed by atoms with van der Waals surface area (Å²) in [5.41, 5.74) is 3.25. The van der Waals surface area contributed by atoms with Gasteiger partial charge in [-0.1, -0.05) is 24.3 Å². The first kappa shape index (κ1) is 16.1. The van der Waals surface area contributed by atoms with Gasteiger partial charge in [-0.15, -0.1) is 0 Å². The van der Waals surface area contributed by atoms with Gasteiger partial charge < -0.3 is 15.2 Å². The average molecular weight is 325 g/mol. The molecule has 5 heteroatoms. The van der Waals surface area contributed by atoms with E-state index in [1.165, 1.54) is 12.7 Å². The summed E-state index contributed by atoms with van der Waals surface area (Å²) in [6, 6.07) is 11.2. The van der Waals surface area contributed by atoms with Crippen molar-refractivity contribution < 1.29 is 19.4 Å². The fourth-order valence-corrected chi connectivity index (χ4v) is 3.15. The minimum absolute atomic E-state index is 0.357. The molecule has 1 atom stereocenters. The molecule has 0 aromatic heterocycles. The number of ether oxygens (including phenoxy) is 1. The van der Waals surface area contributed by atoms with Crippen LogP contribution in [0.4, 0.5) is 0 Å². The first-order chi connectivity index (χ1) is 11.6. The Morgan fingerprint density at radius 1 is 1.17 bits per heavy atom. The van der Waals surface area contributed by atoms with Crippen LogP contribution in [-0.4, -0.2) is 24.1 Å². The van der Waals surface area contributed by atoms with Crippen molar-refractivity contribution in [1.82, 2.24) is 5.32 Å². The molecule has 5 nitrogen and oxygen atoms in total. The summed E-state index contributed by atoms with van der Waals surface area (Å²) in [5.74, 6) is -0.915. The highest BCUT2D eigenvalue weighted by molar-refractivity contribution is 5.98. The van der Waals surface area contributed by atoms with Gasteiger partial charge in [0.2, 0.25) is 0 Å². The highest BCUT2D eigenvalue weighted by Gasteiger charge is 2.25. The second-order valence-electron chi connectivity index (χ2n) is 5.82. The molecule has 0 saturated heterocycles. The quantitative estimate of drug-likeness (QED) is 0.886. The van der Waals surface area contributed by atoms with Gasteiger partial charge in [-0.2, -0.15) is 0 Å². The van der Waals surface area contributed by atoms with E-state index in [4.69, 9.17) is 4.74 Å². The minimum Gasteiger partial charge on any atom is -0.497 e. The molecule has 1 aliphatic rings. The van der Waals surface area contributed by atoms with E-state index in [1.54, 1.807) is 30.3 Å². The number of carbonyl (C=O) groups excluding carboxylic acids is 1. The van der Waals surface area contributed by atoms with Gasteiger partial charge >= 0.3 is 5.97 Å². The first-order valence-electron chi connectivity index (χ1n) is 7.88. The van der Waals surface area contributed by atoms with Crippen LogP contribution in [0.5, 0.6) is 5.75 Å². The maximum atomic E-state index is 12.6. The van der Waals surface area contributed by atoms with Crippen molar-refractivity contribution in [3.63, 3.8) is 0 Å². The number of carboxylic acid groups (broad SMARTS) is 1. The summed E-state index contributed by atoms with van der Waals surface area (Å²) < 4.78 is 5.13. The summed E-state index contributed by atoms with van der Waals surface area (Å²) in [5, 5.41) is 12.2. The van der Waals surface area contributed by atoms with Gasteiger partial charge in [-0.25, -0.2) is 4.79 Å². The monoisotopic (exact) mass is 325 g/mol. The molecule has 0 heterocycles. The summed E-state index contributed by atoms with van der Waals surface area (Å²) in [6.45, 7) is 0. The Balaban J connectivity index is 1.87. The molecule has 0 spiro atoms. The van der Waals surface area contributed by atoms with E-state index in [2.05, 4.69) is 5.32 Å². The van der Waals surface area contributed by atoms with Crippen molar-refractivity contribution in [2.24, 2.45) is 0 Å². The highest BCUT2D eigenvalue weighted by Crippen LogP contribution is 2.26. The largest absolute Gasteiger partial charge is 0.497 e. The third-order valence-corrected chi connectivity index (χ3v) is 4.34. The molecule has 1 aliphatic carbocycles. The number of hydrogen-bond donors (Lipinski definition) is 2. The average Bonchev–Trinajstić information content (AvgIpc) is 3.07. The maximum absolute atomic E-state index is 12.6. The minimum atomic E-state index is -1.12. The molecule has 0 fully saturated rings. The molecule has 24 heavy (non-hydrogen) atoms. The maximum Gasteiger partial charge on any atom is 0.330 e. The van der Waals surface area contributed by atoms with E-state index in [-0.39, 0.29) is 5.91 Å². The van der Waals surface area contributed by atoms with Gasteiger partial charge in [0.15, 0.2) is 6.04 Å². The molecule has 1 unspecified atom stereocenters. The Bertz CT molecular complexity index is 785. The van der Waals surface area contributed by atoms with Gasteiger partial charge in [0.05, 0.1) is 7.11 Å². The number of rotatable bonds is 5. The predicted octanol–water partition coefficient (Wildman–Crippen LogP) is 2.74. The van der Waals surface area contributed by atoms with Crippen LogP contribution in [-0.2, 0) is 17.6 Å². The zero-order valence-electron chi connectivity index (χ0n) is 13.4. The summed E-state index contributed by atoms with van der Waals surface area (Å²) in [6.07, 6.45) is 2.85. The zero-order chi connectivity index (χ0) is 17.1. The van der Waals surface area contributed by atoms with Crippen LogP contribution in [0.3, 0.4) is 0 Å². The second-order valence-corrected chi connectivity index (χ2v) is 5.82. The summed E-state index contributed by atoms with van der Waals surface area (Å²) in [7, 11) is 1.51. The number of carbonyl (C=O) groups is 2. The van der Waals surface area contributed by atoms with Crippen LogP contribution in [0.2, 0.25) is 0 Å². The zero-order valence-corrected chi connectivity index (χ0v) is 13.4. The van der Waals surface area contributed by atoms with E-state index in [1.807, 2.05) is 12.1 Å². The lowest BCUT2D eigenvalue weighted by molar-refractivity contribution is -0.139. The van der Waals surface area contributed by atoms with E-state index in [0.717, 1.165) is 24.8 Å². The highest BCUT2D eigenvalue weighted by atomic mass is 16.5. The number of methoxy groups -OCH3 is 1. The normalized spacial score (nSPS) is 13.9. The molecule has 0 bridgehead atoms.